The van der Waals surface area contributed by atoms with E-state index in [1.54, 1.807) is 12.3 Å². The van der Waals surface area contributed by atoms with Crippen molar-refractivity contribution in [3.05, 3.63) is 35.0 Å². The highest BCUT2D eigenvalue weighted by molar-refractivity contribution is 6.21. The quantitative estimate of drug-likeness (QED) is 0.440. The summed E-state index contributed by atoms with van der Waals surface area (Å²) in [7, 11) is 0. The van der Waals surface area contributed by atoms with Crippen molar-refractivity contribution in [3.63, 3.8) is 0 Å². The monoisotopic (exact) mass is 306 g/mol. The molecular formula is C14H18ClF3N2. The summed E-state index contributed by atoms with van der Waals surface area (Å²) in [6.07, 6.45) is 1.38. The molecule has 1 aliphatic heterocycles. The van der Waals surface area contributed by atoms with Gasteiger partial charge in [0.1, 0.15) is 5.50 Å². The van der Waals surface area contributed by atoms with Gasteiger partial charge in [0.05, 0.1) is 5.56 Å². The summed E-state index contributed by atoms with van der Waals surface area (Å²) in [5.41, 5.74) is 5.04. The molecule has 1 aromatic rings. The van der Waals surface area contributed by atoms with Crippen LogP contribution in [0.5, 0.6) is 0 Å². The highest BCUT2D eigenvalue weighted by atomic mass is 35.5. The van der Waals surface area contributed by atoms with E-state index in [1.165, 1.54) is 12.8 Å². The summed E-state index contributed by atoms with van der Waals surface area (Å²) in [5.74, 6) is 0. The van der Waals surface area contributed by atoms with Crippen LogP contribution in [0.25, 0.3) is 6.08 Å². The molecule has 2 rings (SSSR count). The minimum absolute atomic E-state index is 0.0771. The Kier molecular flexibility index (Phi) is 5.74. The Balaban J connectivity index is 0.000000444. The smallest absolute Gasteiger partial charge is 0.398 e. The predicted octanol–water partition coefficient (Wildman–Crippen LogP) is 4.91. The lowest BCUT2D eigenvalue weighted by atomic mass is 9.99. The van der Waals surface area contributed by atoms with Gasteiger partial charge in [-0.15, -0.1) is 0 Å². The molecule has 0 fully saturated rings. The average molecular weight is 307 g/mol. The number of benzene rings is 1. The van der Waals surface area contributed by atoms with Crippen LogP contribution in [-0.2, 0) is 6.18 Å². The van der Waals surface area contributed by atoms with E-state index in [2.05, 4.69) is 19.2 Å². The van der Waals surface area contributed by atoms with Crippen molar-refractivity contribution in [2.24, 2.45) is 0 Å². The molecule has 20 heavy (non-hydrogen) atoms. The zero-order valence-corrected chi connectivity index (χ0v) is 12.1. The lowest BCUT2D eigenvalue weighted by Crippen LogP contribution is -2.17. The normalized spacial score (nSPS) is 16.8. The summed E-state index contributed by atoms with van der Waals surface area (Å²) in [6.45, 7) is 4.36. The van der Waals surface area contributed by atoms with Crippen molar-refractivity contribution in [1.82, 2.24) is 5.32 Å². The first-order valence-corrected chi connectivity index (χ1v) is 6.82. The van der Waals surface area contributed by atoms with Gasteiger partial charge in [-0.3, -0.25) is 0 Å². The van der Waals surface area contributed by atoms with Crippen molar-refractivity contribution >= 4 is 23.4 Å². The maximum absolute atomic E-state index is 12.5. The van der Waals surface area contributed by atoms with E-state index in [0.29, 0.717) is 11.1 Å². The van der Waals surface area contributed by atoms with E-state index < -0.39 is 17.2 Å². The Morgan fingerprint density at radius 3 is 2.35 bits per heavy atom. The van der Waals surface area contributed by atoms with Gasteiger partial charge >= 0.3 is 6.18 Å². The summed E-state index contributed by atoms with van der Waals surface area (Å²) >= 11 is 5.86. The number of nitrogens with two attached hydrogens (primary N) is 1. The van der Waals surface area contributed by atoms with E-state index in [9.17, 15) is 13.2 Å². The van der Waals surface area contributed by atoms with Gasteiger partial charge in [-0.2, -0.15) is 13.2 Å². The fourth-order valence-electron chi connectivity index (χ4n) is 1.57. The van der Waals surface area contributed by atoms with Crippen molar-refractivity contribution in [2.75, 3.05) is 5.73 Å². The molecule has 0 aliphatic carbocycles. The van der Waals surface area contributed by atoms with Gasteiger partial charge in [0, 0.05) is 11.3 Å². The van der Waals surface area contributed by atoms with Crippen molar-refractivity contribution in [3.8, 4) is 0 Å². The predicted molar refractivity (Wildman–Crippen MR) is 77.2 cm³/mol. The molecule has 0 bridgehead atoms. The minimum atomic E-state index is -4.42. The molecule has 2 nitrogen and oxygen atoms in total. The number of hydrogen-bond donors (Lipinski definition) is 2. The molecule has 0 saturated carbocycles. The molecule has 0 amide bonds. The van der Waals surface area contributed by atoms with Crippen LogP contribution in [-0.4, -0.2) is 0 Å². The second-order valence-electron chi connectivity index (χ2n) is 4.43. The summed E-state index contributed by atoms with van der Waals surface area (Å²) in [5, 5.41) is 2.71. The van der Waals surface area contributed by atoms with Crippen molar-refractivity contribution < 1.29 is 13.2 Å². The minimum Gasteiger partial charge on any atom is -0.398 e. The highest BCUT2D eigenvalue weighted by Crippen LogP contribution is 2.37. The first-order chi connectivity index (χ1) is 9.31. The number of alkyl halides is 4. The lowest BCUT2D eigenvalue weighted by molar-refractivity contribution is -0.137. The standard InChI is InChI=1S/C10H8ClF3N2.C4H10/c11-9-7-3-5(10(12,13)14)4-8(15)6(7)1-2-16-9;1-3-4-2/h1-4,9,16H,15H2;3-4H2,1-2H3. The number of hydrogen-bond acceptors (Lipinski definition) is 2. The third kappa shape index (κ3) is 4.07. The number of nitrogens with one attached hydrogen (secondary N) is 1. The second-order valence-corrected chi connectivity index (χ2v) is 4.87. The number of halogens is 4. The highest BCUT2D eigenvalue weighted by Gasteiger charge is 2.32. The number of nitrogen functional groups attached to an aromatic ring is 1. The first-order valence-electron chi connectivity index (χ1n) is 6.38. The lowest BCUT2D eigenvalue weighted by Gasteiger charge is -2.21. The molecule has 3 N–H and O–H groups in total. The maximum Gasteiger partial charge on any atom is 0.416 e. The summed E-state index contributed by atoms with van der Waals surface area (Å²) in [4.78, 5) is 0. The number of anilines is 1. The Morgan fingerprint density at radius 2 is 1.85 bits per heavy atom. The molecule has 1 aromatic carbocycles. The number of fused-ring (bicyclic) bond motifs is 1. The second kappa shape index (κ2) is 6.88. The van der Waals surface area contributed by atoms with Crippen LogP contribution in [0.1, 0.15) is 48.9 Å². The molecular weight excluding hydrogens is 289 g/mol. The van der Waals surface area contributed by atoms with Crippen molar-refractivity contribution in [2.45, 2.75) is 38.4 Å². The SMILES string of the molecule is CCCC.Nc1cc(C(F)(F)F)cc2c1C=CNC2Cl. The molecule has 1 heterocycles. The molecule has 112 valence electrons. The first kappa shape index (κ1) is 16.7. The molecule has 0 radical (unpaired) electrons. The zero-order chi connectivity index (χ0) is 15.3. The third-order valence-corrected chi connectivity index (χ3v) is 3.20. The maximum atomic E-state index is 12.5. The van der Waals surface area contributed by atoms with Gasteiger partial charge in [-0.25, -0.2) is 0 Å². The molecule has 0 aromatic heterocycles. The number of unbranched alkanes of at least 4 members (excludes halogenated alkanes) is 1. The van der Waals surface area contributed by atoms with Crippen LogP contribution >= 0.6 is 11.6 Å². The third-order valence-electron chi connectivity index (χ3n) is 2.84. The summed E-state index contributed by atoms with van der Waals surface area (Å²) < 4.78 is 37.6. The Labute approximate surface area is 121 Å². The van der Waals surface area contributed by atoms with Gasteiger partial charge in [0.15, 0.2) is 0 Å². The van der Waals surface area contributed by atoms with Crippen LogP contribution in [0.4, 0.5) is 18.9 Å². The van der Waals surface area contributed by atoms with E-state index in [-0.39, 0.29) is 5.69 Å². The fraction of sp³-hybridized carbons (Fsp3) is 0.429. The Morgan fingerprint density at radius 1 is 1.25 bits per heavy atom. The van der Waals surface area contributed by atoms with Gasteiger partial charge in [-0.1, -0.05) is 38.3 Å². The van der Waals surface area contributed by atoms with Crippen LogP contribution in [0, 0.1) is 0 Å². The molecule has 1 atom stereocenters. The van der Waals surface area contributed by atoms with Crippen molar-refractivity contribution in [1.29, 1.82) is 0 Å². The van der Waals surface area contributed by atoms with Gasteiger partial charge in [-0.05, 0) is 30.0 Å². The van der Waals surface area contributed by atoms with E-state index >= 15 is 0 Å². The molecule has 0 spiro atoms. The zero-order valence-electron chi connectivity index (χ0n) is 11.4. The Bertz CT molecular complexity index is 482. The van der Waals surface area contributed by atoms with Crippen LogP contribution in [0.2, 0.25) is 0 Å². The molecule has 1 aliphatic rings. The van der Waals surface area contributed by atoms with E-state index in [0.717, 1.165) is 12.1 Å². The van der Waals surface area contributed by atoms with E-state index in [1.807, 2.05) is 0 Å². The van der Waals surface area contributed by atoms with Crippen LogP contribution < -0.4 is 11.1 Å². The van der Waals surface area contributed by atoms with E-state index in [4.69, 9.17) is 17.3 Å². The van der Waals surface area contributed by atoms with Gasteiger partial charge < -0.3 is 11.1 Å². The summed E-state index contributed by atoms with van der Waals surface area (Å²) in [6, 6.07) is 1.93. The molecule has 1 unspecified atom stereocenters. The average Bonchev–Trinajstić information content (AvgIpc) is 2.39. The number of rotatable bonds is 1. The molecule has 0 saturated heterocycles. The van der Waals surface area contributed by atoms with Crippen LogP contribution in [0.3, 0.4) is 0 Å². The van der Waals surface area contributed by atoms with Crippen LogP contribution in [0.15, 0.2) is 18.3 Å². The Hall–Kier alpha value is -1.36. The largest absolute Gasteiger partial charge is 0.416 e. The molecule has 6 heteroatoms. The topological polar surface area (TPSA) is 38.0 Å². The fourth-order valence-corrected chi connectivity index (χ4v) is 1.82. The van der Waals surface area contributed by atoms with Gasteiger partial charge in [0.2, 0.25) is 0 Å². The van der Waals surface area contributed by atoms with Gasteiger partial charge in [0.25, 0.3) is 0 Å².